The molecule has 0 aliphatic carbocycles. The van der Waals surface area contributed by atoms with Crippen molar-refractivity contribution in [3.05, 3.63) is 35.4 Å². The van der Waals surface area contributed by atoms with Crippen LogP contribution in [0.4, 0.5) is 0 Å². The summed E-state index contributed by atoms with van der Waals surface area (Å²) in [6.07, 6.45) is 0.990. The molecular weight excluding hydrogens is 224 g/mol. The van der Waals surface area contributed by atoms with E-state index in [4.69, 9.17) is 5.26 Å². The highest BCUT2D eigenvalue weighted by Gasteiger charge is 2.23. The summed E-state index contributed by atoms with van der Waals surface area (Å²) in [4.78, 5) is 14.2. The van der Waals surface area contributed by atoms with Crippen LogP contribution in [0.1, 0.15) is 43.1 Å². The Kier molecular flexibility index (Phi) is 4.63. The zero-order valence-corrected chi connectivity index (χ0v) is 11.5. The van der Waals surface area contributed by atoms with Gasteiger partial charge in [-0.2, -0.15) is 5.26 Å². The highest BCUT2D eigenvalue weighted by molar-refractivity contribution is 5.97. The molecule has 0 aliphatic heterocycles. The van der Waals surface area contributed by atoms with Crippen LogP contribution < -0.4 is 0 Å². The maximum absolute atomic E-state index is 12.1. The van der Waals surface area contributed by atoms with Gasteiger partial charge in [-0.3, -0.25) is 9.69 Å². The second kappa shape index (κ2) is 5.79. The van der Waals surface area contributed by atoms with Crippen LogP contribution in [0.3, 0.4) is 0 Å². The summed E-state index contributed by atoms with van der Waals surface area (Å²) in [5, 5.41) is 8.71. The van der Waals surface area contributed by atoms with Gasteiger partial charge in [0.15, 0.2) is 5.78 Å². The van der Waals surface area contributed by atoms with Gasteiger partial charge < -0.3 is 0 Å². The Morgan fingerprint density at radius 2 is 1.89 bits per heavy atom. The number of nitriles is 1. The van der Waals surface area contributed by atoms with Crippen LogP contribution in [0.25, 0.3) is 0 Å². The van der Waals surface area contributed by atoms with Crippen molar-refractivity contribution in [2.45, 2.75) is 32.7 Å². The molecule has 0 atom stereocenters. The van der Waals surface area contributed by atoms with Crippen molar-refractivity contribution in [3.63, 3.8) is 0 Å². The van der Waals surface area contributed by atoms with Crippen molar-refractivity contribution in [2.75, 3.05) is 13.6 Å². The zero-order valence-electron chi connectivity index (χ0n) is 11.5. The summed E-state index contributed by atoms with van der Waals surface area (Å²) in [7, 11) is 1.96. The number of hydrogen-bond acceptors (Lipinski definition) is 3. The lowest BCUT2D eigenvalue weighted by Crippen LogP contribution is -2.43. The maximum atomic E-state index is 12.1. The summed E-state index contributed by atoms with van der Waals surface area (Å²) in [6, 6.07) is 8.83. The summed E-state index contributed by atoms with van der Waals surface area (Å²) in [5.74, 6) is 0.0866. The molecule has 1 rings (SSSR count). The lowest BCUT2D eigenvalue weighted by molar-refractivity contribution is 0.0847. The molecule has 0 unspecified atom stereocenters. The number of likely N-dealkylation sites (N-methyl/N-ethyl adjacent to an activating group) is 1. The second-order valence-electron chi connectivity index (χ2n) is 5.13. The third-order valence-electron chi connectivity index (χ3n) is 3.62. The number of carbonyl (C=O) groups excluding carboxylic acids is 1. The molecule has 0 amide bonds. The van der Waals surface area contributed by atoms with Crippen LogP contribution in [0.5, 0.6) is 0 Å². The Bertz CT molecular complexity index is 454. The minimum absolute atomic E-state index is 0.0161. The summed E-state index contributed by atoms with van der Waals surface area (Å²) in [6.45, 7) is 6.76. The van der Waals surface area contributed by atoms with Gasteiger partial charge in [0.25, 0.3) is 0 Å². The standard InChI is InChI=1S/C15H20N2O/c1-5-15(2,3)17(4)11-14(18)13-8-6-12(10-16)7-9-13/h6-9H,5,11H2,1-4H3. The van der Waals surface area contributed by atoms with Gasteiger partial charge in [-0.05, 0) is 39.4 Å². The van der Waals surface area contributed by atoms with Gasteiger partial charge >= 0.3 is 0 Å². The van der Waals surface area contributed by atoms with Crippen LogP contribution in [0.2, 0.25) is 0 Å². The second-order valence-corrected chi connectivity index (χ2v) is 5.13. The molecule has 0 saturated heterocycles. The monoisotopic (exact) mass is 244 g/mol. The van der Waals surface area contributed by atoms with Crippen molar-refractivity contribution in [1.82, 2.24) is 4.90 Å². The molecule has 0 fully saturated rings. The minimum atomic E-state index is 0.0161. The number of hydrogen-bond donors (Lipinski definition) is 0. The van der Waals surface area contributed by atoms with Crippen molar-refractivity contribution >= 4 is 5.78 Å². The molecule has 0 spiro atoms. The SMILES string of the molecule is CCC(C)(C)N(C)CC(=O)c1ccc(C#N)cc1. The van der Waals surface area contributed by atoms with E-state index in [2.05, 4.69) is 25.7 Å². The van der Waals surface area contributed by atoms with E-state index in [1.165, 1.54) is 0 Å². The van der Waals surface area contributed by atoms with Gasteiger partial charge in [-0.25, -0.2) is 0 Å². The van der Waals surface area contributed by atoms with Gasteiger partial charge in [0, 0.05) is 11.1 Å². The Morgan fingerprint density at radius 1 is 1.33 bits per heavy atom. The van der Waals surface area contributed by atoms with Crippen LogP contribution >= 0.6 is 0 Å². The van der Waals surface area contributed by atoms with Crippen molar-refractivity contribution in [1.29, 1.82) is 5.26 Å². The molecule has 0 saturated carbocycles. The van der Waals surface area contributed by atoms with Crippen molar-refractivity contribution in [3.8, 4) is 6.07 Å². The summed E-state index contributed by atoms with van der Waals surface area (Å²) < 4.78 is 0. The quantitative estimate of drug-likeness (QED) is 0.748. The fraction of sp³-hybridized carbons (Fsp3) is 0.467. The van der Waals surface area contributed by atoms with E-state index >= 15 is 0 Å². The summed E-state index contributed by atoms with van der Waals surface area (Å²) >= 11 is 0. The predicted octanol–water partition coefficient (Wildman–Crippen LogP) is 2.86. The normalized spacial score (nSPS) is 11.3. The van der Waals surface area contributed by atoms with Crippen molar-refractivity contribution in [2.24, 2.45) is 0 Å². The highest BCUT2D eigenvalue weighted by Crippen LogP contribution is 2.17. The average Bonchev–Trinajstić information content (AvgIpc) is 2.38. The number of rotatable bonds is 5. The van der Waals surface area contributed by atoms with Crippen LogP contribution in [-0.2, 0) is 0 Å². The maximum Gasteiger partial charge on any atom is 0.176 e. The number of benzene rings is 1. The number of Topliss-reactive ketones (excluding diaryl/α,β-unsaturated/α-hetero) is 1. The molecule has 0 aliphatic rings. The van der Waals surface area contributed by atoms with Crippen molar-refractivity contribution < 1.29 is 4.79 Å². The zero-order chi connectivity index (χ0) is 13.8. The first-order valence-electron chi connectivity index (χ1n) is 6.15. The topological polar surface area (TPSA) is 44.1 Å². The largest absolute Gasteiger partial charge is 0.294 e. The van der Waals surface area contributed by atoms with E-state index < -0.39 is 0 Å². The molecule has 0 bridgehead atoms. The van der Waals surface area contributed by atoms with E-state index in [1.807, 2.05) is 13.1 Å². The minimum Gasteiger partial charge on any atom is -0.294 e. The van der Waals surface area contributed by atoms with E-state index in [9.17, 15) is 4.79 Å². The van der Waals surface area contributed by atoms with Crippen LogP contribution in [0.15, 0.2) is 24.3 Å². The predicted molar refractivity (Wildman–Crippen MR) is 72.5 cm³/mol. The molecule has 0 heterocycles. The number of ketones is 1. The molecule has 0 N–H and O–H groups in total. The number of nitrogens with zero attached hydrogens (tertiary/aromatic N) is 2. The molecule has 1 aromatic rings. The molecule has 1 aromatic carbocycles. The first-order chi connectivity index (χ1) is 8.40. The van der Waals surface area contributed by atoms with E-state index in [-0.39, 0.29) is 11.3 Å². The smallest absolute Gasteiger partial charge is 0.176 e. The van der Waals surface area contributed by atoms with Gasteiger partial charge in [0.05, 0.1) is 18.2 Å². The molecular formula is C15H20N2O. The Hall–Kier alpha value is -1.66. The first-order valence-corrected chi connectivity index (χ1v) is 6.15. The Balaban J connectivity index is 2.74. The third kappa shape index (κ3) is 3.41. The molecule has 0 aromatic heterocycles. The van der Waals surface area contributed by atoms with E-state index in [0.29, 0.717) is 17.7 Å². The molecule has 3 heteroatoms. The first kappa shape index (κ1) is 14.4. The average molecular weight is 244 g/mol. The molecule has 0 radical (unpaired) electrons. The highest BCUT2D eigenvalue weighted by atomic mass is 16.1. The van der Waals surface area contributed by atoms with E-state index in [0.717, 1.165) is 6.42 Å². The fourth-order valence-corrected chi connectivity index (χ4v) is 1.52. The molecule has 3 nitrogen and oxygen atoms in total. The van der Waals surface area contributed by atoms with Gasteiger partial charge in [0.2, 0.25) is 0 Å². The van der Waals surface area contributed by atoms with Crippen LogP contribution in [-0.4, -0.2) is 29.8 Å². The molecule has 18 heavy (non-hydrogen) atoms. The number of carbonyl (C=O) groups is 1. The molecule has 96 valence electrons. The lowest BCUT2D eigenvalue weighted by atomic mass is 9.99. The van der Waals surface area contributed by atoms with Crippen LogP contribution in [0, 0.1) is 11.3 Å². The fourth-order valence-electron chi connectivity index (χ4n) is 1.52. The Morgan fingerprint density at radius 3 is 2.33 bits per heavy atom. The van der Waals surface area contributed by atoms with Gasteiger partial charge in [0.1, 0.15) is 0 Å². The van der Waals surface area contributed by atoms with Gasteiger partial charge in [-0.15, -0.1) is 0 Å². The lowest BCUT2D eigenvalue weighted by Gasteiger charge is -2.34. The third-order valence-corrected chi connectivity index (χ3v) is 3.62. The Labute approximate surface area is 109 Å². The van der Waals surface area contributed by atoms with E-state index in [1.54, 1.807) is 24.3 Å². The van der Waals surface area contributed by atoms with Gasteiger partial charge in [-0.1, -0.05) is 19.1 Å². The summed E-state index contributed by atoms with van der Waals surface area (Å²) in [5.41, 5.74) is 1.25.